The van der Waals surface area contributed by atoms with Gasteiger partial charge in [-0.1, -0.05) is 19.1 Å². The Labute approximate surface area is 118 Å². The molecule has 1 aliphatic rings. The van der Waals surface area contributed by atoms with Crippen LogP contribution in [0, 0.1) is 5.92 Å². The molecule has 1 aromatic heterocycles. The van der Waals surface area contributed by atoms with Gasteiger partial charge in [0.25, 0.3) is 5.91 Å². The van der Waals surface area contributed by atoms with Crippen molar-refractivity contribution in [2.24, 2.45) is 5.92 Å². The summed E-state index contributed by atoms with van der Waals surface area (Å²) in [5, 5.41) is 12.6. The Morgan fingerprint density at radius 3 is 3.15 bits per heavy atom. The van der Waals surface area contributed by atoms with Crippen LogP contribution in [0.3, 0.4) is 0 Å². The van der Waals surface area contributed by atoms with Crippen molar-refractivity contribution < 1.29 is 14.6 Å². The quantitative estimate of drug-likeness (QED) is 0.773. The number of pyridine rings is 1. The molecule has 2 rings (SSSR count). The Kier molecular flexibility index (Phi) is 5.12. The lowest BCUT2D eigenvalue weighted by atomic mass is 10.1. The fraction of sp³-hybridized carbons (Fsp3) is 0.467. The molecule has 20 heavy (non-hydrogen) atoms. The van der Waals surface area contributed by atoms with Crippen LogP contribution in [0.25, 0.3) is 0 Å². The molecule has 5 heteroatoms. The molecule has 2 atom stereocenters. The zero-order chi connectivity index (χ0) is 14.4. The lowest BCUT2D eigenvalue weighted by Crippen LogP contribution is -2.33. The number of nitrogens with zero attached hydrogens (tertiary/aromatic N) is 1. The Bertz CT molecular complexity index is 476. The summed E-state index contributed by atoms with van der Waals surface area (Å²) in [4.78, 5) is 16.2. The van der Waals surface area contributed by atoms with Crippen LogP contribution >= 0.6 is 0 Å². The molecule has 1 heterocycles. The molecule has 1 aliphatic carbocycles. The van der Waals surface area contributed by atoms with Crippen LogP contribution < -0.4 is 10.1 Å². The van der Waals surface area contributed by atoms with Crippen LogP contribution in [-0.4, -0.2) is 35.3 Å². The number of carbonyl (C=O) groups is 1. The number of amides is 1. The Morgan fingerprint density at radius 2 is 2.45 bits per heavy atom. The van der Waals surface area contributed by atoms with Crippen molar-refractivity contribution in [2.45, 2.75) is 25.4 Å². The van der Waals surface area contributed by atoms with Crippen molar-refractivity contribution in [3.63, 3.8) is 0 Å². The first-order chi connectivity index (χ1) is 9.72. The number of nitrogens with one attached hydrogen (secondary N) is 1. The zero-order valence-electron chi connectivity index (χ0n) is 11.4. The molecule has 0 saturated heterocycles. The van der Waals surface area contributed by atoms with Gasteiger partial charge in [-0.25, -0.2) is 4.98 Å². The number of rotatable bonds is 6. The summed E-state index contributed by atoms with van der Waals surface area (Å²) in [7, 11) is 0. The van der Waals surface area contributed by atoms with Crippen molar-refractivity contribution in [2.75, 3.05) is 13.2 Å². The third kappa shape index (κ3) is 3.57. The van der Waals surface area contributed by atoms with Crippen molar-refractivity contribution in [1.29, 1.82) is 0 Å². The number of aliphatic hydroxyl groups excluding tert-OH is 1. The minimum atomic E-state index is -0.310. The smallest absolute Gasteiger partial charge is 0.273 e. The highest BCUT2D eigenvalue weighted by atomic mass is 16.5. The summed E-state index contributed by atoms with van der Waals surface area (Å²) < 4.78 is 5.41. The molecule has 108 valence electrons. The van der Waals surface area contributed by atoms with Gasteiger partial charge in [-0.15, -0.1) is 0 Å². The normalized spacial score (nSPS) is 21.4. The second kappa shape index (κ2) is 7.05. The molecule has 0 aliphatic heterocycles. The molecule has 0 spiro atoms. The van der Waals surface area contributed by atoms with E-state index in [1.54, 1.807) is 24.4 Å². The fourth-order valence-corrected chi connectivity index (χ4v) is 2.39. The van der Waals surface area contributed by atoms with E-state index in [4.69, 9.17) is 4.74 Å². The number of hydrogen-bond donors (Lipinski definition) is 2. The number of carbonyl (C=O) groups excluding carboxylic acids is 1. The standard InChI is InChI=1S/C15H20N2O3/c1-2-9-20-13-7-4-8-16-14(13)15(19)17-10-11-5-3-6-12(11)18/h2,4,7-8,11-12,18H,1,3,5-6,9-10H2,(H,17,19). The van der Waals surface area contributed by atoms with Gasteiger partial charge >= 0.3 is 0 Å². The van der Waals surface area contributed by atoms with E-state index in [2.05, 4.69) is 16.9 Å². The number of hydrogen-bond acceptors (Lipinski definition) is 4. The van der Waals surface area contributed by atoms with Crippen molar-refractivity contribution in [3.8, 4) is 5.75 Å². The zero-order valence-corrected chi connectivity index (χ0v) is 11.4. The van der Waals surface area contributed by atoms with Gasteiger partial charge in [0.1, 0.15) is 6.61 Å². The molecular weight excluding hydrogens is 256 g/mol. The predicted octanol–water partition coefficient (Wildman–Crippen LogP) is 1.54. The summed E-state index contributed by atoms with van der Waals surface area (Å²) in [6.45, 7) is 4.37. The maximum absolute atomic E-state index is 12.1. The summed E-state index contributed by atoms with van der Waals surface area (Å²) >= 11 is 0. The third-order valence-corrected chi connectivity index (χ3v) is 3.49. The molecule has 0 aromatic carbocycles. The SMILES string of the molecule is C=CCOc1cccnc1C(=O)NCC1CCCC1O. The van der Waals surface area contributed by atoms with E-state index in [0.29, 0.717) is 18.9 Å². The first-order valence-corrected chi connectivity index (χ1v) is 6.87. The predicted molar refractivity (Wildman–Crippen MR) is 75.6 cm³/mol. The van der Waals surface area contributed by atoms with Crippen LogP contribution in [0.2, 0.25) is 0 Å². The first kappa shape index (κ1) is 14.5. The second-order valence-electron chi connectivity index (χ2n) is 4.92. The van der Waals surface area contributed by atoms with E-state index in [1.807, 2.05) is 0 Å². The van der Waals surface area contributed by atoms with Crippen molar-refractivity contribution in [3.05, 3.63) is 36.7 Å². The van der Waals surface area contributed by atoms with Crippen molar-refractivity contribution in [1.82, 2.24) is 10.3 Å². The average Bonchev–Trinajstić information content (AvgIpc) is 2.88. The average molecular weight is 276 g/mol. The van der Waals surface area contributed by atoms with E-state index in [1.165, 1.54) is 0 Å². The second-order valence-corrected chi connectivity index (χ2v) is 4.92. The number of ether oxygens (including phenoxy) is 1. The summed E-state index contributed by atoms with van der Waals surface area (Å²) in [6.07, 6.45) is 5.64. The Hall–Kier alpha value is -1.88. The molecule has 1 fully saturated rings. The molecule has 2 unspecified atom stereocenters. The van der Waals surface area contributed by atoms with Gasteiger partial charge in [0, 0.05) is 18.7 Å². The van der Waals surface area contributed by atoms with E-state index in [9.17, 15) is 9.90 Å². The van der Waals surface area contributed by atoms with E-state index < -0.39 is 0 Å². The molecule has 1 amide bonds. The third-order valence-electron chi connectivity index (χ3n) is 3.49. The van der Waals surface area contributed by atoms with Crippen LogP contribution in [0.1, 0.15) is 29.8 Å². The van der Waals surface area contributed by atoms with E-state index in [-0.39, 0.29) is 23.6 Å². The van der Waals surface area contributed by atoms with Gasteiger partial charge in [0.05, 0.1) is 6.10 Å². The topological polar surface area (TPSA) is 71.5 Å². The first-order valence-electron chi connectivity index (χ1n) is 6.87. The Balaban J connectivity index is 1.96. The lowest BCUT2D eigenvalue weighted by molar-refractivity contribution is 0.0908. The van der Waals surface area contributed by atoms with E-state index in [0.717, 1.165) is 19.3 Å². The van der Waals surface area contributed by atoms with Crippen LogP contribution in [0.5, 0.6) is 5.75 Å². The fourth-order valence-electron chi connectivity index (χ4n) is 2.39. The minimum absolute atomic E-state index is 0.139. The van der Waals surface area contributed by atoms with Crippen molar-refractivity contribution >= 4 is 5.91 Å². The van der Waals surface area contributed by atoms with Crippen LogP contribution in [0.4, 0.5) is 0 Å². The Morgan fingerprint density at radius 1 is 1.60 bits per heavy atom. The molecular formula is C15H20N2O3. The molecule has 0 radical (unpaired) electrons. The summed E-state index contributed by atoms with van der Waals surface area (Å²) in [5.74, 6) is 0.306. The number of aromatic nitrogens is 1. The number of aliphatic hydroxyl groups is 1. The van der Waals surface area contributed by atoms with Gasteiger partial charge in [-0.3, -0.25) is 4.79 Å². The lowest BCUT2D eigenvalue weighted by Gasteiger charge is -2.15. The minimum Gasteiger partial charge on any atom is -0.487 e. The summed E-state index contributed by atoms with van der Waals surface area (Å²) in [5.41, 5.74) is 0.266. The molecule has 1 aromatic rings. The highest BCUT2D eigenvalue weighted by Gasteiger charge is 2.26. The molecule has 1 saturated carbocycles. The van der Waals surface area contributed by atoms with Gasteiger partial charge in [0.15, 0.2) is 11.4 Å². The van der Waals surface area contributed by atoms with Crippen LogP contribution in [0.15, 0.2) is 31.0 Å². The monoisotopic (exact) mass is 276 g/mol. The van der Waals surface area contributed by atoms with Gasteiger partial charge < -0.3 is 15.2 Å². The summed E-state index contributed by atoms with van der Waals surface area (Å²) in [6, 6.07) is 3.42. The highest BCUT2D eigenvalue weighted by Crippen LogP contribution is 2.25. The van der Waals surface area contributed by atoms with Crippen LogP contribution in [-0.2, 0) is 0 Å². The van der Waals surface area contributed by atoms with Gasteiger partial charge in [0.2, 0.25) is 0 Å². The molecule has 0 bridgehead atoms. The molecule has 2 N–H and O–H groups in total. The van der Waals surface area contributed by atoms with Gasteiger partial charge in [-0.05, 0) is 25.0 Å². The van der Waals surface area contributed by atoms with Gasteiger partial charge in [-0.2, -0.15) is 0 Å². The maximum Gasteiger partial charge on any atom is 0.273 e. The largest absolute Gasteiger partial charge is 0.487 e. The van der Waals surface area contributed by atoms with E-state index >= 15 is 0 Å². The highest BCUT2D eigenvalue weighted by molar-refractivity contribution is 5.94. The maximum atomic E-state index is 12.1. The molecule has 5 nitrogen and oxygen atoms in total.